The smallest absolute Gasteiger partial charge is 0.324 e. The summed E-state index contributed by atoms with van der Waals surface area (Å²) in [6.45, 7) is 7.99. The van der Waals surface area contributed by atoms with Gasteiger partial charge in [-0.1, -0.05) is 11.2 Å². The van der Waals surface area contributed by atoms with Gasteiger partial charge < -0.3 is 14.3 Å². The third-order valence-electron chi connectivity index (χ3n) is 5.11. The molecule has 152 valence electrons. The number of anilines is 2. The minimum atomic E-state index is -0.263. The van der Waals surface area contributed by atoms with Crippen LogP contribution in [0.15, 0.2) is 28.1 Å². The highest BCUT2D eigenvalue weighted by Crippen LogP contribution is 2.30. The van der Waals surface area contributed by atoms with Crippen LogP contribution in [0.5, 0.6) is 0 Å². The number of rotatable bonds is 3. The van der Waals surface area contributed by atoms with E-state index >= 15 is 0 Å². The monoisotopic (exact) mass is 414 g/mol. The number of hydrogen-bond acceptors (Lipinski definition) is 6. The molecule has 0 spiro atoms. The van der Waals surface area contributed by atoms with Gasteiger partial charge >= 0.3 is 6.03 Å². The summed E-state index contributed by atoms with van der Waals surface area (Å²) in [7, 11) is 0. The van der Waals surface area contributed by atoms with Crippen molar-refractivity contribution in [1.82, 2.24) is 15.0 Å². The molecule has 1 aromatic carbocycles. The van der Waals surface area contributed by atoms with Crippen LogP contribution < -0.4 is 10.2 Å². The summed E-state index contributed by atoms with van der Waals surface area (Å²) in [5.74, 6) is 0.126. The van der Waals surface area contributed by atoms with Crippen LogP contribution in [-0.4, -0.2) is 47.3 Å². The average Bonchev–Trinajstić information content (AvgIpc) is 3.31. The van der Waals surface area contributed by atoms with Gasteiger partial charge in [0, 0.05) is 42.7 Å². The number of thiazole rings is 1. The molecule has 0 atom stereocenters. The number of benzene rings is 1. The number of hydrogen-bond donors (Lipinski definition) is 1. The number of carbonyl (C=O) groups is 1. The number of halogens is 1. The molecule has 1 N–H and O–H groups in total. The largest absolute Gasteiger partial charge is 0.345 e. The fraction of sp³-hybridized carbons (Fsp3) is 0.350. The van der Waals surface area contributed by atoms with Gasteiger partial charge in [0.05, 0.1) is 11.4 Å². The Balaban J connectivity index is 1.38. The number of urea groups is 1. The zero-order chi connectivity index (χ0) is 20.5. The Kier molecular flexibility index (Phi) is 5.23. The van der Waals surface area contributed by atoms with Crippen molar-refractivity contribution in [3.63, 3.8) is 0 Å². The molecule has 1 fully saturated rings. The molecule has 3 aromatic rings. The number of aryl methyl sites for hydroxylation is 2. The SMILES string of the molecule is Cc1noc(NC(=O)N2CCN(c3nc(-c4ccc([11CH3])cc4F)cs3)CC2)c1C. The van der Waals surface area contributed by atoms with Crippen LogP contribution in [0.4, 0.5) is 20.2 Å². The molecule has 0 aliphatic carbocycles. The van der Waals surface area contributed by atoms with Crippen molar-refractivity contribution < 1.29 is 13.7 Å². The number of nitrogens with zero attached hydrogens (tertiary/aromatic N) is 4. The zero-order valence-electron chi connectivity index (χ0n) is 16.5. The lowest BCUT2D eigenvalue weighted by Crippen LogP contribution is -2.50. The maximum Gasteiger partial charge on any atom is 0.324 e. The Labute approximate surface area is 172 Å². The third kappa shape index (κ3) is 3.95. The molecular weight excluding hydrogens is 392 g/mol. The molecule has 29 heavy (non-hydrogen) atoms. The fourth-order valence-electron chi connectivity index (χ4n) is 3.17. The van der Waals surface area contributed by atoms with E-state index in [9.17, 15) is 9.18 Å². The minimum absolute atomic E-state index is 0.203. The van der Waals surface area contributed by atoms with E-state index < -0.39 is 0 Å². The lowest BCUT2D eigenvalue weighted by atomic mass is 10.0. The topological polar surface area (TPSA) is 74.5 Å². The second-order valence-electron chi connectivity index (χ2n) is 7.12. The number of aromatic nitrogens is 2. The molecular formula is C20H22FN5O2S. The first-order valence-corrected chi connectivity index (χ1v) is 10.3. The zero-order valence-corrected chi connectivity index (χ0v) is 17.3. The van der Waals surface area contributed by atoms with Crippen molar-refractivity contribution in [1.29, 1.82) is 0 Å². The number of amides is 2. The highest BCUT2D eigenvalue weighted by molar-refractivity contribution is 7.14. The van der Waals surface area contributed by atoms with Crippen molar-refractivity contribution in [3.05, 3.63) is 46.2 Å². The summed E-state index contributed by atoms with van der Waals surface area (Å²) in [4.78, 5) is 20.9. The summed E-state index contributed by atoms with van der Waals surface area (Å²) in [6, 6.07) is 4.96. The highest BCUT2D eigenvalue weighted by Gasteiger charge is 2.24. The predicted molar refractivity (Wildman–Crippen MR) is 111 cm³/mol. The average molecular weight is 414 g/mol. The van der Waals surface area contributed by atoms with Gasteiger partial charge in [0.25, 0.3) is 0 Å². The third-order valence-corrected chi connectivity index (χ3v) is 6.01. The van der Waals surface area contributed by atoms with Gasteiger partial charge in [-0.3, -0.25) is 5.32 Å². The van der Waals surface area contributed by atoms with Crippen LogP contribution in [-0.2, 0) is 0 Å². The molecule has 0 unspecified atom stereocenters. The van der Waals surface area contributed by atoms with Gasteiger partial charge in [0.2, 0.25) is 5.88 Å². The first kappa shape index (κ1) is 19.4. The summed E-state index contributed by atoms with van der Waals surface area (Å²) in [6.07, 6.45) is 0. The van der Waals surface area contributed by atoms with Crippen molar-refractivity contribution in [2.45, 2.75) is 20.8 Å². The number of piperazine rings is 1. The normalized spacial score (nSPS) is 14.3. The molecule has 2 aromatic heterocycles. The summed E-state index contributed by atoms with van der Waals surface area (Å²) < 4.78 is 19.4. The van der Waals surface area contributed by atoms with Crippen molar-refractivity contribution in [2.24, 2.45) is 0 Å². The lowest BCUT2D eigenvalue weighted by Gasteiger charge is -2.34. The van der Waals surface area contributed by atoms with E-state index in [-0.39, 0.29) is 11.8 Å². The van der Waals surface area contributed by atoms with Crippen LogP contribution in [0.25, 0.3) is 11.3 Å². The summed E-state index contributed by atoms with van der Waals surface area (Å²) >= 11 is 1.49. The van der Waals surface area contributed by atoms with Crippen LogP contribution in [0.1, 0.15) is 16.8 Å². The second kappa shape index (κ2) is 7.82. The first-order valence-electron chi connectivity index (χ1n) is 9.38. The Morgan fingerprint density at radius 2 is 1.97 bits per heavy atom. The lowest BCUT2D eigenvalue weighted by molar-refractivity contribution is 0.207. The molecule has 3 heterocycles. The fourth-order valence-corrected chi connectivity index (χ4v) is 4.05. The number of nitrogens with one attached hydrogen (secondary N) is 1. The van der Waals surface area contributed by atoms with E-state index in [1.54, 1.807) is 11.0 Å². The van der Waals surface area contributed by atoms with Crippen molar-refractivity contribution >= 4 is 28.4 Å². The molecule has 9 heteroatoms. The molecule has 2 amide bonds. The Bertz CT molecular complexity index is 1040. The second-order valence-corrected chi connectivity index (χ2v) is 7.96. The molecule has 0 radical (unpaired) electrons. The molecule has 0 saturated carbocycles. The molecule has 1 aliphatic rings. The van der Waals surface area contributed by atoms with E-state index in [1.165, 1.54) is 17.4 Å². The Morgan fingerprint density at radius 1 is 1.21 bits per heavy atom. The van der Waals surface area contributed by atoms with E-state index in [1.807, 2.05) is 32.2 Å². The van der Waals surface area contributed by atoms with Crippen molar-refractivity contribution in [2.75, 3.05) is 36.4 Å². The molecule has 0 bridgehead atoms. The van der Waals surface area contributed by atoms with Crippen LogP contribution in [0.3, 0.4) is 0 Å². The van der Waals surface area contributed by atoms with Gasteiger partial charge in [-0.25, -0.2) is 14.2 Å². The van der Waals surface area contributed by atoms with E-state index in [0.717, 1.165) is 22.0 Å². The standard InChI is InChI=1S/C20H22FN5O2S/c1-12-4-5-15(16(21)10-12)17-11-29-20(22-17)26-8-6-25(7-9-26)19(27)23-18-13(2)14(3)24-28-18/h4-5,10-11H,6-9H2,1-3H3,(H,23,27)/i1-1. The molecule has 7 nitrogen and oxygen atoms in total. The summed E-state index contributed by atoms with van der Waals surface area (Å²) in [5.41, 5.74) is 3.62. The summed E-state index contributed by atoms with van der Waals surface area (Å²) in [5, 5.41) is 9.34. The quantitative estimate of drug-likeness (QED) is 0.695. The van der Waals surface area contributed by atoms with Gasteiger partial charge in [0.15, 0.2) is 5.13 Å². The predicted octanol–water partition coefficient (Wildman–Crippen LogP) is 4.22. The molecule has 1 saturated heterocycles. The minimum Gasteiger partial charge on any atom is -0.345 e. The highest BCUT2D eigenvalue weighted by atomic mass is 32.1. The molecule has 1 aliphatic heterocycles. The first-order chi connectivity index (χ1) is 13.9. The Morgan fingerprint density at radius 3 is 2.62 bits per heavy atom. The van der Waals surface area contributed by atoms with Crippen LogP contribution in [0, 0.1) is 26.6 Å². The van der Waals surface area contributed by atoms with Crippen LogP contribution in [0.2, 0.25) is 0 Å². The maximum atomic E-state index is 14.2. The van der Waals surface area contributed by atoms with E-state index in [2.05, 4.69) is 20.4 Å². The van der Waals surface area contributed by atoms with Crippen LogP contribution >= 0.6 is 11.3 Å². The maximum absolute atomic E-state index is 14.2. The van der Waals surface area contributed by atoms with Gasteiger partial charge in [-0.05, 0) is 38.5 Å². The molecule has 4 rings (SSSR count). The van der Waals surface area contributed by atoms with Crippen molar-refractivity contribution in [3.8, 4) is 11.3 Å². The van der Waals surface area contributed by atoms with Gasteiger partial charge in [-0.2, -0.15) is 0 Å². The van der Waals surface area contributed by atoms with Gasteiger partial charge in [-0.15, -0.1) is 11.3 Å². The van der Waals surface area contributed by atoms with E-state index in [0.29, 0.717) is 43.3 Å². The van der Waals surface area contributed by atoms with Gasteiger partial charge in [0.1, 0.15) is 5.82 Å². The van der Waals surface area contributed by atoms with E-state index in [4.69, 9.17) is 4.52 Å². The number of carbonyl (C=O) groups excluding carboxylic acids is 1. The Hall–Kier alpha value is -2.94.